The zero-order chi connectivity index (χ0) is 12.8. The third-order valence-electron chi connectivity index (χ3n) is 2.38. The highest BCUT2D eigenvalue weighted by molar-refractivity contribution is 14.1. The van der Waals surface area contributed by atoms with Gasteiger partial charge in [-0.2, -0.15) is 5.10 Å². The van der Waals surface area contributed by atoms with Gasteiger partial charge in [-0.1, -0.05) is 0 Å². The van der Waals surface area contributed by atoms with Gasteiger partial charge in [0.1, 0.15) is 6.54 Å². The van der Waals surface area contributed by atoms with Crippen molar-refractivity contribution in [1.29, 1.82) is 0 Å². The van der Waals surface area contributed by atoms with Crippen molar-refractivity contribution in [3.8, 4) is 0 Å². The number of aryl methyl sites for hydroxylation is 1. The summed E-state index contributed by atoms with van der Waals surface area (Å²) in [6.07, 6.45) is 9.89. The number of nitrogens with zero attached hydrogens (tertiary/aromatic N) is 4. The second-order valence-electron chi connectivity index (χ2n) is 3.86. The van der Waals surface area contributed by atoms with Crippen LogP contribution in [-0.4, -0.2) is 31.8 Å². The Labute approximate surface area is 119 Å². The molecule has 0 aliphatic carbocycles. The molecule has 1 N–H and O–H groups in total. The van der Waals surface area contributed by atoms with E-state index in [9.17, 15) is 4.79 Å². The lowest BCUT2D eigenvalue weighted by Gasteiger charge is -2.05. The molecular weight excluding hydrogens is 345 g/mol. The number of carbonyl (C=O) groups excluding carboxylic acids is 1. The number of hydrogen-bond donors (Lipinski definition) is 1. The van der Waals surface area contributed by atoms with E-state index in [4.69, 9.17) is 0 Å². The number of imidazole rings is 1. The third kappa shape index (κ3) is 4.13. The predicted octanol–water partition coefficient (Wildman–Crippen LogP) is 0.891. The van der Waals surface area contributed by atoms with E-state index >= 15 is 0 Å². The van der Waals surface area contributed by atoms with Gasteiger partial charge in [0.2, 0.25) is 5.91 Å². The summed E-state index contributed by atoms with van der Waals surface area (Å²) in [7, 11) is 0. The van der Waals surface area contributed by atoms with Gasteiger partial charge in [0.15, 0.2) is 0 Å². The first kappa shape index (κ1) is 13.1. The Balaban J connectivity index is 1.63. The van der Waals surface area contributed by atoms with Gasteiger partial charge in [-0.15, -0.1) is 0 Å². The highest BCUT2D eigenvalue weighted by atomic mass is 127. The van der Waals surface area contributed by atoms with Crippen LogP contribution < -0.4 is 5.32 Å². The minimum atomic E-state index is -0.0138. The number of carbonyl (C=O) groups is 1. The Morgan fingerprint density at radius 3 is 3.06 bits per heavy atom. The lowest BCUT2D eigenvalue weighted by atomic mass is 10.4. The topological polar surface area (TPSA) is 64.7 Å². The van der Waals surface area contributed by atoms with Gasteiger partial charge < -0.3 is 9.88 Å². The van der Waals surface area contributed by atoms with E-state index in [2.05, 4.69) is 38.0 Å². The van der Waals surface area contributed by atoms with Crippen LogP contribution >= 0.6 is 22.6 Å². The average molecular weight is 359 g/mol. The smallest absolute Gasteiger partial charge is 0.241 e. The van der Waals surface area contributed by atoms with Gasteiger partial charge in [-0.05, 0) is 29.0 Å². The molecule has 1 amide bonds. The third-order valence-corrected chi connectivity index (χ3v) is 2.94. The van der Waals surface area contributed by atoms with E-state index in [0.717, 1.165) is 16.5 Å². The summed E-state index contributed by atoms with van der Waals surface area (Å²) in [5.74, 6) is -0.0138. The molecule has 0 aromatic carbocycles. The van der Waals surface area contributed by atoms with E-state index in [1.54, 1.807) is 23.4 Å². The molecule has 2 aromatic rings. The fourth-order valence-corrected chi connectivity index (χ4v) is 1.98. The second kappa shape index (κ2) is 6.53. The van der Waals surface area contributed by atoms with Crippen LogP contribution in [0.1, 0.15) is 6.42 Å². The van der Waals surface area contributed by atoms with E-state index < -0.39 is 0 Å². The lowest BCUT2D eigenvalue weighted by molar-refractivity contribution is -0.121. The van der Waals surface area contributed by atoms with Crippen LogP contribution in [0.15, 0.2) is 31.1 Å². The normalized spacial score (nSPS) is 10.5. The SMILES string of the molecule is O=C(Cn1cc(I)cn1)NCCCn1ccnc1. The van der Waals surface area contributed by atoms with Crippen molar-refractivity contribution in [2.45, 2.75) is 19.5 Å². The summed E-state index contributed by atoms with van der Waals surface area (Å²) < 4.78 is 4.65. The highest BCUT2D eigenvalue weighted by Gasteiger charge is 2.03. The van der Waals surface area contributed by atoms with Gasteiger partial charge in [-0.25, -0.2) is 4.98 Å². The first-order valence-corrected chi connectivity index (χ1v) is 6.72. The van der Waals surface area contributed by atoms with Crippen molar-refractivity contribution in [3.63, 3.8) is 0 Å². The van der Waals surface area contributed by atoms with Crippen LogP contribution in [0.4, 0.5) is 0 Å². The molecular formula is C11H14IN5O. The van der Waals surface area contributed by atoms with Crippen molar-refractivity contribution in [2.75, 3.05) is 6.54 Å². The lowest BCUT2D eigenvalue weighted by Crippen LogP contribution is -2.29. The second-order valence-corrected chi connectivity index (χ2v) is 5.11. The van der Waals surface area contributed by atoms with Crippen LogP contribution in [0, 0.1) is 3.57 Å². The molecule has 0 atom stereocenters. The Morgan fingerprint density at radius 2 is 2.39 bits per heavy atom. The molecule has 7 heteroatoms. The zero-order valence-electron chi connectivity index (χ0n) is 9.79. The minimum Gasteiger partial charge on any atom is -0.354 e. The number of rotatable bonds is 6. The molecule has 0 spiro atoms. The number of amides is 1. The quantitative estimate of drug-likeness (QED) is 0.616. The molecule has 0 fully saturated rings. The Morgan fingerprint density at radius 1 is 1.50 bits per heavy atom. The number of halogens is 1. The van der Waals surface area contributed by atoms with Crippen LogP contribution in [0.5, 0.6) is 0 Å². The van der Waals surface area contributed by atoms with E-state index in [0.29, 0.717) is 6.54 Å². The Hall–Kier alpha value is -1.38. The summed E-state index contributed by atoms with van der Waals surface area (Å²) in [6.45, 7) is 1.80. The van der Waals surface area contributed by atoms with Gasteiger partial charge in [0, 0.05) is 31.7 Å². The van der Waals surface area contributed by atoms with Crippen molar-refractivity contribution in [3.05, 3.63) is 34.7 Å². The maximum absolute atomic E-state index is 11.6. The average Bonchev–Trinajstić information content (AvgIpc) is 2.96. The molecule has 0 aliphatic rings. The predicted molar refractivity (Wildman–Crippen MR) is 74.8 cm³/mol. The monoisotopic (exact) mass is 359 g/mol. The van der Waals surface area contributed by atoms with Crippen LogP contribution in [0.25, 0.3) is 0 Å². The van der Waals surface area contributed by atoms with Crippen molar-refractivity contribution >= 4 is 28.5 Å². The summed E-state index contributed by atoms with van der Waals surface area (Å²) in [5, 5.41) is 6.93. The van der Waals surface area contributed by atoms with Crippen molar-refractivity contribution in [2.24, 2.45) is 0 Å². The van der Waals surface area contributed by atoms with Gasteiger partial charge in [0.25, 0.3) is 0 Å². The van der Waals surface area contributed by atoms with Crippen LogP contribution in [0.3, 0.4) is 0 Å². The van der Waals surface area contributed by atoms with Gasteiger partial charge in [0.05, 0.1) is 16.1 Å². The molecule has 0 unspecified atom stereocenters. The molecule has 96 valence electrons. The molecule has 0 saturated carbocycles. The summed E-state index contributed by atoms with van der Waals surface area (Å²) in [5.41, 5.74) is 0. The van der Waals surface area contributed by atoms with Gasteiger partial charge in [-0.3, -0.25) is 9.48 Å². The Bertz CT molecular complexity index is 493. The zero-order valence-corrected chi connectivity index (χ0v) is 11.9. The fraction of sp³-hybridized carbons (Fsp3) is 0.364. The maximum Gasteiger partial charge on any atom is 0.241 e. The van der Waals surface area contributed by atoms with E-state index in [-0.39, 0.29) is 12.5 Å². The number of hydrogen-bond acceptors (Lipinski definition) is 3. The molecule has 2 aromatic heterocycles. The number of aromatic nitrogens is 4. The maximum atomic E-state index is 11.6. The largest absolute Gasteiger partial charge is 0.354 e. The van der Waals surface area contributed by atoms with Crippen molar-refractivity contribution in [1.82, 2.24) is 24.6 Å². The standard InChI is InChI=1S/C11H14IN5O/c12-10-6-15-17(7-10)8-11(18)14-2-1-4-16-5-3-13-9-16/h3,5-7,9H,1-2,4,8H2,(H,14,18). The van der Waals surface area contributed by atoms with Crippen molar-refractivity contribution < 1.29 is 4.79 Å². The number of nitrogens with one attached hydrogen (secondary N) is 1. The Kier molecular flexibility index (Phi) is 4.73. The summed E-state index contributed by atoms with van der Waals surface area (Å²) in [6, 6.07) is 0. The molecule has 6 nitrogen and oxygen atoms in total. The minimum absolute atomic E-state index is 0.0138. The molecule has 0 aliphatic heterocycles. The first-order chi connectivity index (χ1) is 8.74. The summed E-state index contributed by atoms with van der Waals surface area (Å²) >= 11 is 2.16. The molecule has 0 saturated heterocycles. The molecule has 0 bridgehead atoms. The van der Waals surface area contributed by atoms with Crippen LogP contribution in [-0.2, 0) is 17.9 Å². The highest BCUT2D eigenvalue weighted by Crippen LogP contribution is 2.00. The molecule has 2 heterocycles. The van der Waals surface area contributed by atoms with Crippen LogP contribution in [0.2, 0.25) is 0 Å². The van der Waals surface area contributed by atoms with E-state index in [1.165, 1.54) is 0 Å². The molecule has 2 rings (SSSR count). The van der Waals surface area contributed by atoms with E-state index in [1.807, 2.05) is 17.0 Å². The first-order valence-electron chi connectivity index (χ1n) is 5.64. The fourth-order valence-electron chi connectivity index (χ4n) is 1.54. The van der Waals surface area contributed by atoms with Gasteiger partial charge >= 0.3 is 0 Å². The summed E-state index contributed by atoms with van der Waals surface area (Å²) in [4.78, 5) is 15.5. The molecule has 0 radical (unpaired) electrons. The molecule has 18 heavy (non-hydrogen) atoms.